The van der Waals surface area contributed by atoms with Gasteiger partial charge in [-0.2, -0.15) is 0 Å². The number of ketones is 1. The molecule has 2 aromatic carbocycles. The van der Waals surface area contributed by atoms with Gasteiger partial charge in [0.25, 0.3) is 0 Å². The Morgan fingerprint density at radius 3 is 2.04 bits per heavy atom. The number of hydrogen-bond donors (Lipinski definition) is 0. The highest BCUT2D eigenvalue weighted by molar-refractivity contribution is 8.23. The van der Waals surface area contributed by atoms with Gasteiger partial charge in [-0.1, -0.05) is 83.6 Å². The lowest BCUT2D eigenvalue weighted by Gasteiger charge is -2.22. The number of carbonyl (C=O) groups excluding carboxylic acids is 1. The number of rotatable bonds is 4. The summed E-state index contributed by atoms with van der Waals surface area (Å²) in [7, 11) is 0. The van der Waals surface area contributed by atoms with E-state index in [4.69, 9.17) is 12.2 Å². The minimum atomic E-state index is -0.295. The van der Waals surface area contributed by atoms with Gasteiger partial charge in [0.2, 0.25) is 0 Å². The summed E-state index contributed by atoms with van der Waals surface area (Å²) < 4.78 is 0.837. The SMILES string of the molecule is Cc1ccc(C(=O)[C@H](SC(=S)N2CCCC2)c2ccc(C)cc2)cc1. The minimum Gasteiger partial charge on any atom is -0.357 e. The van der Waals surface area contributed by atoms with Crippen LogP contribution in [-0.2, 0) is 0 Å². The Labute approximate surface area is 159 Å². The average Bonchev–Trinajstić information content (AvgIpc) is 3.15. The molecule has 2 aromatic rings. The van der Waals surface area contributed by atoms with Crippen LogP contribution < -0.4 is 0 Å². The summed E-state index contributed by atoms with van der Waals surface area (Å²) >= 11 is 7.16. The fourth-order valence-corrected chi connectivity index (χ4v) is 4.50. The van der Waals surface area contributed by atoms with Gasteiger partial charge in [-0.25, -0.2) is 0 Å². The van der Waals surface area contributed by atoms with E-state index in [1.807, 2.05) is 43.3 Å². The fraction of sp³-hybridized carbons (Fsp3) is 0.333. The predicted octanol–water partition coefficient (Wildman–Crippen LogP) is 5.34. The number of likely N-dealkylation sites (tertiary alicyclic amines) is 1. The van der Waals surface area contributed by atoms with Gasteiger partial charge in [-0.15, -0.1) is 0 Å². The molecule has 0 N–H and O–H groups in total. The first kappa shape index (κ1) is 18.2. The van der Waals surface area contributed by atoms with E-state index < -0.39 is 0 Å². The second kappa shape index (κ2) is 8.15. The summed E-state index contributed by atoms with van der Waals surface area (Å²) in [6, 6.07) is 16.0. The molecular weight excluding hydrogens is 346 g/mol. The highest BCUT2D eigenvalue weighted by atomic mass is 32.2. The van der Waals surface area contributed by atoms with Crippen molar-refractivity contribution in [3.8, 4) is 0 Å². The van der Waals surface area contributed by atoms with Crippen LogP contribution in [-0.4, -0.2) is 28.1 Å². The number of thioether (sulfide) groups is 1. The molecule has 1 heterocycles. The standard InChI is InChI=1S/C21H23NOS2/c1-15-5-9-17(10-6-15)19(23)20(18-11-7-16(2)8-12-18)25-21(24)22-13-3-4-14-22/h5-12,20H,3-4,13-14H2,1-2H3/t20-/m1/s1. The van der Waals surface area contributed by atoms with Crippen LogP contribution in [0.25, 0.3) is 0 Å². The van der Waals surface area contributed by atoms with E-state index in [-0.39, 0.29) is 11.0 Å². The summed E-state index contributed by atoms with van der Waals surface area (Å²) in [6.45, 7) is 6.10. The first-order valence-electron chi connectivity index (χ1n) is 8.67. The van der Waals surface area contributed by atoms with E-state index in [1.165, 1.54) is 30.2 Å². The van der Waals surface area contributed by atoms with Crippen LogP contribution in [0.4, 0.5) is 0 Å². The van der Waals surface area contributed by atoms with Gasteiger partial charge in [0.15, 0.2) is 5.78 Å². The highest BCUT2D eigenvalue weighted by Gasteiger charge is 2.27. The zero-order chi connectivity index (χ0) is 17.8. The highest BCUT2D eigenvalue weighted by Crippen LogP contribution is 2.35. The van der Waals surface area contributed by atoms with Crippen LogP contribution in [0.5, 0.6) is 0 Å². The maximum absolute atomic E-state index is 13.2. The molecule has 1 saturated heterocycles. The summed E-state index contributed by atoms with van der Waals surface area (Å²) in [5, 5.41) is -0.295. The van der Waals surface area contributed by atoms with Crippen LogP contribution in [0, 0.1) is 13.8 Å². The van der Waals surface area contributed by atoms with Crippen molar-refractivity contribution < 1.29 is 4.79 Å². The third-order valence-corrected chi connectivity index (χ3v) is 6.27. The second-order valence-corrected chi connectivity index (χ2v) is 8.34. The fourth-order valence-electron chi connectivity index (χ4n) is 2.96. The summed E-state index contributed by atoms with van der Waals surface area (Å²) in [6.07, 6.45) is 2.36. The Morgan fingerprint density at radius 2 is 1.48 bits per heavy atom. The molecule has 1 fully saturated rings. The molecule has 4 heteroatoms. The summed E-state index contributed by atoms with van der Waals surface area (Å²) in [5.74, 6) is 0.121. The van der Waals surface area contributed by atoms with Gasteiger partial charge < -0.3 is 4.90 Å². The van der Waals surface area contributed by atoms with Gasteiger partial charge in [0.1, 0.15) is 4.32 Å². The molecule has 0 amide bonds. The lowest BCUT2D eigenvalue weighted by molar-refractivity contribution is 0.0989. The zero-order valence-corrected chi connectivity index (χ0v) is 16.3. The van der Waals surface area contributed by atoms with Gasteiger partial charge in [0, 0.05) is 18.7 Å². The van der Waals surface area contributed by atoms with Crippen LogP contribution in [0.3, 0.4) is 0 Å². The van der Waals surface area contributed by atoms with E-state index in [2.05, 4.69) is 24.0 Å². The maximum Gasteiger partial charge on any atom is 0.180 e. The molecule has 1 aliphatic rings. The van der Waals surface area contributed by atoms with Crippen molar-refractivity contribution in [3.63, 3.8) is 0 Å². The number of aryl methyl sites for hydroxylation is 2. The van der Waals surface area contributed by atoms with Crippen LogP contribution in [0.15, 0.2) is 48.5 Å². The van der Waals surface area contributed by atoms with Gasteiger partial charge in [-0.3, -0.25) is 4.79 Å². The average molecular weight is 370 g/mol. The number of nitrogens with zero attached hydrogens (tertiary/aromatic N) is 1. The molecule has 0 aromatic heterocycles. The predicted molar refractivity (Wildman–Crippen MR) is 110 cm³/mol. The first-order valence-corrected chi connectivity index (χ1v) is 9.96. The summed E-state index contributed by atoms with van der Waals surface area (Å²) in [4.78, 5) is 15.4. The van der Waals surface area contributed by atoms with E-state index in [0.717, 1.165) is 34.1 Å². The van der Waals surface area contributed by atoms with E-state index in [9.17, 15) is 4.79 Å². The van der Waals surface area contributed by atoms with E-state index in [1.54, 1.807) is 0 Å². The summed E-state index contributed by atoms with van der Waals surface area (Å²) in [5.41, 5.74) is 4.11. The monoisotopic (exact) mass is 369 g/mol. The molecule has 1 atom stereocenters. The molecule has 130 valence electrons. The Morgan fingerprint density at radius 1 is 0.960 bits per heavy atom. The number of hydrogen-bond acceptors (Lipinski definition) is 3. The van der Waals surface area contributed by atoms with Crippen LogP contribution in [0.1, 0.15) is 45.1 Å². The molecule has 2 nitrogen and oxygen atoms in total. The largest absolute Gasteiger partial charge is 0.357 e. The lowest BCUT2D eigenvalue weighted by Crippen LogP contribution is -2.25. The third kappa shape index (κ3) is 4.50. The van der Waals surface area contributed by atoms with Crippen molar-refractivity contribution in [1.29, 1.82) is 0 Å². The Bertz CT molecular complexity index is 746. The number of benzene rings is 2. The number of carbonyl (C=O) groups is 1. The smallest absolute Gasteiger partial charge is 0.180 e. The third-order valence-electron chi connectivity index (χ3n) is 4.54. The molecule has 0 saturated carbocycles. The van der Waals surface area contributed by atoms with Gasteiger partial charge in [0.05, 0.1) is 5.25 Å². The Balaban J connectivity index is 1.87. The van der Waals surface area contributed by atoms with Crippen molar-refractivity contribution in [2.75, 3.05) is 13.1 Å². The van der Waals surface area contributed by atoms with Crippen molar-refractivity contribution in [2.45, 2.75) is 31.9 Å². The topological polar surface area (TPSA) is 20.3 Å². The van der Waals surface area contributed by atoms with Gasteiger partial charge >= 0.3 is 0 Å². The number of thiocarbonyl (C=S) groups is 1. The van der Waals surface area contributed by atoms with Crippen LogP contribution in [0.2, 0.25) is 0 Å². The van der Waals surface area contributed by atoms with E-state index in [0.29, 0.717) is 0 Å². The van der Waals surface area contributed by atoms with Crippen LogP contribution >= 0.6 is 24.0 Å². The van der Waals surface area contributed by atoms with Crippen molar-refractivity contribution >= 4 is 34.1 Å². The quantitative estimate of drug-likeness (QED) is 0.535. The normalized spacial score (nSPS) is 15.2. The molecule has 25 heavy (non-hydrogen) atoms. The second-order valence-electron chi connectivity index (χ2n) is 6.60. The Hall–Kier alpha value is -1.65. The van der Waals surface area contributed by atoms with Crippen molar-refractivity contribution in [1.82, 2.24) is 4.90 Å². The minimum absolute atomic E-state index is 0.121. The molecule has 0 spiro atoms. The molecule has 1 aliphatic heterocycles. The molecule has 0 unspecified atom stereocenters. The molecular formula is C21H23NOS2. The van der Waals surface area contributed by atoms with Gasteiger partial charge in [-0.05, 0) is 32.3 Å². The maximum atomic E-state index is 13.2. The van der Waals surface area contributed by atoms with Crippen molar-refractivity contribution in [3.05, 3.63) is 70.8 Å². The Kier molecular flexibility index (Phi) is 5.92. The molecule has 0 aliphatic carbocycles. The molecule has 0 bridgehead atoms. The first-order chi connectivity index (χ1) is 12.0. The molecule has 0 radical (unpaired) electrons. The zero-order valence-electron chi connectivity index (χ0n) is 14.7. The van der Waals surface area contributed by atoms with Crippen molar-refractivity contribution in [2.24, 2.45) is 0 Å². The molecule has 3 rings (SSSR count). The number of Topliss-reactive ketones (excluding diaryl/α,β-unsaturated/α-hetero) is 1. The lowest BCUT2D eigenvalue weighted by atomic mass is 10.0. The van der Waals surface area contributed by atoms with E-state index >= 15 is 0 Å².